The lowest BCUT2D eigenvalue weighted by Crippen LogP contribution is -2.22. The van der Waals surface area contributed by atoms with Crippen LogP contribution in [0, 0.1) is 0 Å². The van der Waals surface area contributed by atoms with Gasteiger partial charge in [0.05, 0.1) is 11.7 Å². The van der Waals surface area contributed by atoms with Gasteiger partial charge in [0.2, 0.25) is 5.43 Å². The molecule has 1 amide bonds. The van der Waals surface area contributed by atoms with Crippen molar-refractivity contribution in [1.82, 2.24) is 4.98 Å². The summed E-state index contributed by atoms with van der Waals surface area (Å²) < 4.78 is 5.28. The molecular weight excluding hydrogens is 404 g/mol. The van der Waals surface area contributed by atoms with Gasteiger partial charge in [-0.3, -0.25) is 9.59 Å². The quantitative estimate of drug-likeness (QED) is 0.439. The van der Waals surface area contributed by atoms with Crippen molar-refractivity contribution in [3.8, 4) is 11.1 Å². The largest absolute Gasteiger partial charge is 0.459 e. The van der Waals surface area contributed by atoms with Crippen molar-refractivity contribution in [2.75, 3.05) is 5.32 Å². The van der Waals surface area contributed by atoms with Crippen LogP contribution in [0.1, 0.15) is 34.6 Å². The molecular formula is C26H22N2O4. The number of anilines is 1. The van der Waals surface area contributed by atoms with Gasteiger partial charge in [-0.05, 0) is 49.7 Å². The maximum atomic E-state index is 13.0. The number of fused-ring (bicyclic) bond motifs is 1. The van der Waals surface area contributed by atoms with Crippen LogP contribution in [0.2, 0.25) is 0 Å². The Labute approximate surface area is 184 Å². The molecule has 0 aliphatic heterocycles. The van der Waals surface area contributed by atoms with Crippen LogP contribution in [0.3, 0.4) is 0 Å². The molecule has 0 spiro atoms. The average Bonchev–Trinajstić information content (AvgIpc) is 2.79. The highest BCUT2D eigenvalue weighted by Gasteiger charge is 2.16. The molecule has 32 heavy (non-hydrogen) atoms. The van der Waals surface area contributed by atoms with Gasteiger partial charge < -0.3 is 15.0 Å². The van der Waals surface area contributed by atoms with Crippen LogP contribution in [0.4, 0.5) is 5.69 Å². The summed E-state index contributed by atoms with van der Waals surface area (Å²) in [4.78, 5) is 41.0. The van der Waals surface area contributed by atoms with Crippen molar-refractivity contribution in [2.45, 2.75) is 20.0 Å². The molecule has 0 unspecified atom stereocenters. The Balaban J connectivity index is 1.67. The minimum atomic E-state index is -0.514. The predicted molar refractivity (Wildman–Crippen MR) is 125 cm³/mol. The number of hydrogen-bond acceptors (Lipinski definition) is 4. The van der Waals surface area contributed by atoms with E-state index in [1.54, 1.807) is 62.4 Å². The van der Waals surface area contributed by atoms with Gasteiger partial charge in [-0.15, -0.1) is 0 Å². The molecule has 0 saturated carbocycles. The number of para-hydroxylation sites is 2. The lowest BCUT2D eigenvalue weighted by atomic mass is 10.0. The van der Waals surface area contributed by atoms with Crippen molar-refractivity contribution < 1.29 is 14.3 Å². The second kappa shape index (κ2) is 8.89. The first-order valence-electron chi connectivity index (χ1n) is 10.3. The van der Waals surface area contributed by atoms with E-state index in [9.17, 15) is 14.4 Å². The summed E-state index contributed by atoms with van der Waals surface area (Å²) in [6, 6.07) is 21.3. The Kier molecular flexibility index (Phi) is 5.85. The zero-order valence-electron chi connectivity index (χ0n) is 17.7. The smallest absolute Gasteiger partial charge is 0.338 e. The van der Waals surface area contributed by atoms with E-state index in [1.807, 2.05) is 24.3 Å². The summed E-state index contributed by atoms with van der Waals surface area (Å²) in [5.41, 5.74) is 2.76. The lowest BCUT2D eigenvalue weighted by molar-refractivity contribution is 0.0378. The first-order valence-corrected chi connectivity index (χ1v) is 10.3. The first-order chi connectivity index (χ1) is 15.4. The number of nitrogens with one attached hydrogen (secondary N) is 2. The SMILES string of the molecule is CC(C)OC(=O)c1cccc(-c2ccccc2NC(=O)c2c[nH]c3ccccc3c2=O)c1. The van der Waals surface area contributed by atoms with Crippen molar-refractivity contribution >= 4 is 28.5 Å². The zero-order chi connectivity index (χ0) is 22.7. The molecule has 0 saturated heterocycles. The van der Waals surface area contributed by atoms with E-state index in [1.165, 1.54) is 6.20 Å². The monoisotopic (exact) mass is 426 g/mol. The van der Waals surface area contributed by atoms with E-state index in [2.05, 4.69) is 10.3 Å². The van der Waals surface area contributed by atoms with Gasteiger partial charge in [-0.2, -0.15) is 0 Å². The number of carbonyl (C=O) groups is 2. The van der Waals surface area contributed by atoms with Crippen LogP contribution in [-0.4, -0.2) is 23.0 Å². The van der Waals surface area contributed by atoms with Gasteiger partial charge in [0, 0.05) is 28.4 Å². The number of esters is 1. The number of aromatic amines is 1. The lowest BCUT2D eigenvalue weighted by Gasteiger charge is -2.13. The highest BCUT2D eigenvalue weighted by Crippen LogP contribution is 2.29. The average molecular weight is 426 g/mol. The fraction of sp³-hybridized carbons (Fsp3) is 0.115. The number of H-pyrrole nitrogens is 1. The third-order valence-electron chi connectivity index (χ3n) is 4.96. The summed E-state index contributed by atoms with van der Waals surface area (Å²) in [6.07, 6.45) is 1.20. The summed E-state index contributed by atoms with van der Waals surface area (Å²) >= 11 is 0. The van der Waals surface area contributed by atoms with Crippen molar-refractivity contribution in [3.05, 3.63) is 100 Å². The van der Waals surface area contributed by atoms with E-state index in [0.717, 1.165) is 11.1 Å². The Morgan fingerprint density at radius 2 is 1.69 bits per heavy atom. The summed E-state index contributed by atoms with van der Waals surface area (Å²) in [5, 5.41) is 3.29. The van der Waals surface area contributed by atoms with Gasteiger partial charge in [-0.25, -0.2) is 4.79 Å². The normalized spacial score (nSPS) is 10.8. The zero-order valence-corrected chi connectivity index (χ0v) is 17.7. The molecule has 1 aromatic heterocycles. The van der Waals surface area contributed by atoms with E-state index < -0.39 is 11.9 Å². The fourth-order valence-electron chi connectivity index (χ4n) is 3.47. The number of benzene rings is 3. The highest BCUT2D eigenvalue weighted by molar-refractivity contribution is 6.07. The van der Waals surface area contributed by atoms with Crippen molar-refractivity contribution in [3.63, 3.8) is 0 Å². The predicted octanol–water partition coefficient (Wildman–Crippen LogP) is 5.01. The van der Waals surface area contributed by atoms with E-state index in [0.29, 0.717) is 22.2 Å². The molecule has 4 rings (SSSR count). The number of ether oxygens (including phenoxy) is 1. The first kappa shape index (κ1) is 21.1. The molecule has 160 valence electrons. The minimum Gasteiger partial charge on any atom is -0.459 e. The standard InChI is InChI=1S/C26H22N2O4/c1-16(2)32-26(31)18-9-7-8-17(14-18)19-10-3-6-13-23(19)28-25(30)21-15-27-22-12-5-4-11-20(22)24(21)29/h3-16H,1-2H3,(H,27,29)(H,28,30). The number of rotatable bonds is 5. The molecule has 0 aliphatic carbocycles. The highest BCUT2D eigenvalue weighted by atomic mass is 16.5. The van der Waals surface area contributed by atoms with Gasteiger partial charge in [0.1, 0.15) is 5.56 Å². The summed E-state index contributed by atoms with van der Waals surface area (Å²) in [7, 11) is 0. The van der Waals surface area contributed by atoms with Crippen LogP contribution in [0.5, 0.6) is 0 Å². The molecule has 0 bridgehead atoms. The van der Waals surface area contributed by atoms with Gasteiger partial charge in [0.25, 0.3) is 5.91 Å². The molecule has 6 nitrogen and oxygen atoms in total. The molecule has 0 atom stereocenters. The molecule has 0 fully saturated rings. The van der Waals surface area contributed by atoms with Gasteiger partial charge >= 0.3 is 5.97 Å². The third-order valence-corrected chi connectivity index (χ3v) is 4.96. The summed E-state index contributed by atoms with van der Waals surface area (Å²) in [6.45, 7) is 3.59. The van der Waals surface area contributed by atoms with Crippen molar-refractivity contribution in [1.29, 1.82) is 0 Å². The topological polar surface area (TPSA) is 88.3 Å². The molecule has 0 radical (unpaired) electrons. The van der Waals surface area contributed by atoms with Gasteiger partial charge in [-0.1, -0.05) is 42.5 Å². The molecule has 2 N–H and O–H groups in total. The summed E-state index contributed by atoms with van der Waals surface area (Å²) in [5.74, 6) is -0.925. The molecule has 6 heteroatoms. The van der Waals surface area contributed by atoms with E-state index in [-0.39, 0.29) is 17.1 Å². The fourth-order valence-corrected chi connectivity index (χ4v) is 3.47. The Bertz CT molecular complexity index is 1370. The number of amides is 1. The number of aromatic nitrogens is 1. The van der Waals surface area contributed by atoms with E-state index >= 15 is 0 Å². The third kappa shape index (κ3) is 4.30. The number of carbonyl (C=O) groups excluding carboxylic acids is 2. The maximum absolute atomic E-state index is 13.0. The number of pyridine rings is 1. The molecule has 4 aromatic rings. The van der Waals surface area contributed by atoms with Crippen LogP contribution in [0.25, 0.3) is 22.0 Å². The number of hydrogen-bond donors (Lipinski definition) is 2. The van der Waals surface area contributed by atoms with Crippen LogP contribution in [-0.2, 0) is 4.74 Å². The van der Waals surface area contributed by atoms with Crippen LogP contribution in [0.15, 0.2) is 83.8 Å². The Morgan fingerprint density at radius 1 is 0.938 bits per heavy atom. The van der Waals surface area contributed by atoms with Crippen LogP contribution >= 0.6 is 0 Å². The second-order valence-electron chi connectivity index (χ2n) is 7.61. The molecule has 3 aromatic carbocycles. The van der Waals surface area contributed by atoms with Crippen molar-refractivity contribution in [2.24, 2.45) is 0 Å². The van der Waals surface area contributed by atoms with E-state index in [4.69, 9.17) is 4.74 Å². The maximum Gasteiger partial charge on any atom is 0.338 e. The van der Waals surface area contributed by atoms with Gasteiger partial charge in [0.15, 0.2) is 0 Å². The molecule has 0 aliphatic rings. The molecule has 1 heterocycles. The Morgan fingerprint density at radius 3 is 2.50 bits per heavy atom. The Hall–Kier alpha value is -4.19. The van der Waals surface area contributed by atoms with Crippen LogP contribution < -0.4 is 10.7 Å². The minimum absolute atomic E-state index is 0.0211. The second-order valence-corrected chi connectivity index (χ2v) is 7.61.